The largest absolute Gasteiger partial charge is 0.322 e. The predicted octanol–water partition coefficient (Wildman–Crippen LogP) is 3.32. The monoisotopic (exact) mass is 294 g/mol. The quantitative estimate of drug-likeness (QED) is 0.806. The molecule has 0 radical (unpaired) electrons. The number of carbonyl (C=O) groups excluding carboxylic acids is 1. The van der Waals surface area contributed by atoms with E-state index in [1.54, 1.807) is 16.8 Å². The number of aryl methyl sites for hydroxylation is 3. The van der Waals surface area contributed by atoms with Gasteiger partial charge in [0.15, 0.2) is 0 Å². The highest BCUT2D eigenvalue weighted by molar-refractivity contribution is 6.06. The normalized spacial score (nSPS) is 10.9. The second-order valence-corrected chi connectivity index (χ2v) is 5.38. The van der Waals surface area contributed by atoms with Crippen molar-refractivity contribution in [1.82, 2.24) is 15.0 Å². The van der Waals surface area contributed by atoms with Crippen molar-refractivity contribution < 1.29 is 4.79 Å². The second-order valence-electron chi connectivity index (χ2n) is 5.38. The first-order valence-electron chi connectivity index (χ1n) is 7.30. The standard InChI is InChI=1S/C17H18N4O/c1-4-21-16-8-6-13(10-15(16)19-20-21)17(22)18-14-7-5-11(2)9-12(14)3/h5-10H,4H2,1-3H3,(H,18,22). The highest BCUT2D eigenvalue weighted by Gasteiger charge is 2.11. The van der Waals surface area contributed by atoms with E-state index in [2.05, 4.69) is 15.6 Å². The molecule has 3 rings (SSSR count). The highest BCUT2D eigenvalue weighted by Crippen LogP contribution is 2.18. The Morgan fingerprint density at radius 1 is 1.18 bits per heavy atom. The lowest BCUT2D eigenvalue weighted by Crippen LogP contribution is -2.12. The van der Waals surface area contributed by atoms with E-state index >= 15 is 0 Å². The minimum atomic E-state index is -0.139. The van der Waals surface area contributed by atoms with E-state index in [-0.39, 0.29) is 5.91 Å². The Kier molecular flexibility index (Phi) is 3.63. The van der Waals surface area contributed by atoms with Gasteiger partial charge < -0.3 is 5.32 Å². The summed E-state index contributed by atoms with van der Waals surface area (Å²) in [5, 5.41) is 11.1. The molecule has 0 fully saturated rings. The van der Waals surface area contributed by atoms with Gasteiger partial charge in [-0.2, -0.15) is 0 Å². The van der Waals surface area contributed by atoms with Gasteiger partial charge in [0.25, 0.3) is 5.91 Å². The fourth-order valence-electron chi connectivity index (χ4n) is 2.50. The number of amides is 1. The summed E-state index contributed by atoms with van der Waals surface area (Å²) in [7, 11) is 0. The van der Waals surface area contributed by atoms with E-state index in [1.165, 1.54) is 5.56 Å². The van der Waals surface area contributed by atoms with Gasteiger partial charge in [-0.25, -0.2) is 4.68 Å². The number of rotatable bonds is 3. The molecule has 0 bridgehead atoms. The summed E-state index contributed by atoms with van der Waals surface area (Å²) in [5.74, 6) is -0.139. The SMILES string of the molecule is CCn1nnc2cc(C(=O)Nc3ccc(C)cc3C)ccc21. The van der Waals surface area contributed by atoms with Crippen LogP contribution >= 0.6 is 0 Å². The van der Waals surface area contributed by atoms with Crippen molar-refractivity contribution in [2.45, 2.75) is 27.3 Å². The average Bonchev–Trinajstić information content (AvgIpc) is 2.92. The Hall–Kier alpha value is -2.69. The summed E-state index contributed by atoms with van der Waals surface area (Å²) in [6, 6.07) is 11.4. The second kappa shape index (κ2) is 5.60. The fraction of sp³-hybridized carbons (Fsp3) is 0.235. The molecule has 0 aliphatic heterocycles. The van der Waals surface area contributed by atoms with Crippen LogP contribution in [0.4, 0.5) is 5.69 Å². The molecule has 112 valence electrons. The first kappa shape index (κ1) is 14.3. The van der Waals surface area contributed by atoms with Gasteiger partial charge in [0, 0.05) is 17.8 Å². The van der Waals surface area contributed by atoms with Gasteiger partial charge in [-0.1, -0.05) is 22.9 Å². The lowest BCUT2D eigenvalue weighted by molar-refractivity contribution is 0.102. The molecule has 0 saturated carbocycles. The molecule has 5 heteroatoms. The molecule has 1 amide bonds. The van der Waals surface area contributed by atoms with Gasteiger partial charge in [-0.3, -0.25) is 4.79 Å². The Balaban J connectivity index is 1.88. The van der Waals surface area contributed by atoms with Crippen LogP contribution in [0, 0.1) is 13.8 Å². The molecule has 22 heavy (non-hydrogen) atoms. The van der Waals surface area contributed by atoms with E-state index in [1.807, 2.05) is 45.0 Å². The third-order valence-corrected chi connectivity index (χ3v) is 3.71. The highest BCUT2D eigenvalue weighted by atomic mass is 16.1. The Morgan fingerprint density at radius 2 is 2.00 bits per heavy atom. The lowest BCUT2D eigenvalue weighted by atomic mass is 10.1. The summed E-state index contributed by atoms with van der Waals surface area (Å²) in [5.41, 5.74) is 5.30. The van der Waals surface area contributed by atoms with Crippen LogP contribution in [-0.4, -0.2) is 20.9 Å². The summed E-state index contributed by atoms with van der Waals surface area (Å²) in [6.45, 7) is 6.78. The number of aromatic nitrogens is 3. The molecule has 0 aliphatic carbocycles. The summed E-state index contributed by atoms with van der Waals surface area (Å²) < 4.78 is 1.81. The number of fused-ring (bicyclic) bond motifs is 1. The summed E-state index contributed by atoms with van der Waals surface area (Å²) in [4.78, 5) is 12.4. The molecule has 0 aliphatic rings. The van der Waals surface area contributed by atoms with Crippen molar-refractivity contribution in [3.05, 3.63) is 53.1 Å². The van der Waals surface area contributed by atoms with Gasteiger partial charge >= 0.3 is 0 Å². The maximum Gasteiger partial charge on any atom is 0.255 e. The van der Waals surface area contributed by atoms with Crippen LogP contribution in [0.15, 0.2) is 36.4 Å². The number of anilines is 1. The topological polar surface area (TPSA) is 59.8 Å². The molecule has 5 nitrogen and oxygen atoms in total. The molecule has 0 spiro atoms. The maximum atomic E-state index is 12.4. The molecular weight excluding hydrogens is 276 g/mol. The molecule has 0 unspecified atom stereocenters. The third-order valence-electron chi connectivity index (χ3n) is 3.71. The third kappa shape index (κ3) is 2.57. The van der Waals surface area contributed by atoms with Crippen molar-refractivity contribution in [3.63, 3.8) is 0 Å². The molecule has 0 saturated heterocycles. The molecule has 1 N–H and O–H groups in total. The van der Waals surface area contributed by atoms with Crippen molar-refractivity contribution in [2.24, 2.45) is 0 Å². The van der Waals surface area contributed by atoms with Gasteiger partial charge in [-0.05, 0) is 50.6 Å². The zero-order valence-electron chi connectivity index (χ0n) is 12.9. The van der Waals surface area contributed by atoms with Crippen molar-refractivity contribution in [2.75, 3.05) is 5.32 Å². The average molecular weight is 294 g/mol. The lowest BCUT2D eigenvalue weighted by Gasteiger charge is -2.09. The number of hydrogen-bond acceptors (Lipinski definition) is 3. The molecule has 1 aromatic heterocycles. The van der Waals surface area contributed by atoms with Crippen LogP contribution in [0.3, 0.4) is 0 Å². The van der Waals surface area contributed by atoms with Crippen molar-refractivity contribution in [1.29, 1.82) is 0 Å². The van der Waals surface area contributed by atoms with E-state index in [9.17, 15) is 4.79 Å². The first-order valence-corrected chi connectivity index (χ1v) is 7.30. The van der Waals surface area contributed by atoms with Crippen molar-refractivity contribution in [3.8, 4) is 0 Å². The zero-order valence-corrected chi connectivity index (χ0v) is 12.9. The van der Waals surface area contributed by atoms with Crippen LogP contribution in [0.5, 0.6) is 0 Å². The van der Waals surface area contributed by atoms with Gasteiger partial charge in [0.2, 0.25) is 0 Å². The predicted molar refractivity (Wildman–Crippen MR) is 87.1 cm³/mol. The van der Waals surface area contributed by atoms with E-state index in [0.717, 1.165) is 28.8 Å². The van der Waals surface area contributed by atoms with Gasteiger partial charge in [0.1, 0.15) is 5.52 Å². The van der Waals surface area contributed by atoms with Gasteiger partial charge in [0.05, 0.1) is 5.52 Å². The molecule has 2 aromatic carbocycles. The Labute approximate surface area is 129 Å². The minimum absolute atomic E-state index is 0.139. The van der Waals surface area contributed by atoms with E-state index in [0.29, 0.717) is 5.56 Å². The number of nitrogens with zero attached hydrogens (tertiary/aromatic N) is 3. The molecule has 1 heterocycles. The maximum absolute atomic E-state index is 12.4. The Morgan fingerprint density at radius 3 is 2.73 bits per heavy atom. The van der Waals surface area contributed by atoms with Crippen molar-refractivity contribution >= 4 is 22.6 Å². The first-order chi connectivity index (χ1) is 10.6. The zero-order chi connectivity index (χ0) is 15.7. The molecule has 0 atom stereocenters. The molecule has 3 aromatic rings. The number of benzene rings is 2. The Bertz CT molecular complexity index is 851. The van der Waals surface area contributed by atoms with Crippen LogP contribution in [0.1, 0.15) is 28.4 Å². The smallest absolute Gasteiger partial charge is 0.255 e. The summed E-state index contributed by atoms with van der Waals surface area (Å²) in [6.07, 6.45) is 0. The number of nitrogens with one attached hydrogen (secondary N) is 1. The molecular formula is C17H18N4O. The van der Waals surface area contributed by atoms with E-state index < -0.39 is 0 Å². The van der Waals surface area contributed by atoms with Crippen LogP contribution in [0.2, 0.25) is 0 Å². The van der Waals surface area contributed by atoms with E-state index in [4.69, 9.17) is 0 Å². The number of carbonyl (C=O) groups is 1. The summed E-state index contributed by atoms with van der Waals surface area (Å²) >= 11 is 0. The fourth-order valence-corrected chi connectivity index (χ4v) is 2.50. The van der Waals surface area contributed by atoms with Crippen LogP contribution in [0.25, 0.3) is 11.0 Å². The van der Waals surface area contributed by atoms with Gasteiger partial charge in [-0.15, -0.1) is 5.10 Å². The van der Waals surface area contributed by atoms with Crippen LogP contribution in [-0.2, 0) is 6.54 Å². The minimum Gasteiger partial charge on any atom is -0.322 e. The number of hydrogen-bond donors (Lipinski definition) is 1. The van der Waals surface area contributed by atoms with Crippen LogP contribution < -0.4 is 5.32 Å².